The molecule has 1 aliphatic carbocycles. The van der Waals surface area contributed by atoms with Crippen LogP contribution in [0.1, 0.15) is 30.7 Å². The first-order chi connectivity index (χ1) is 13.7. The van der Waals surface area contributed by atoms with Crippen molar-refractivity contribution >= 4 is 29.1 Å². The predicted molar refractivity (Wildman–Crippen MR) is 106 cm³/mol. The lowest BCUT2D eigenvalue weighted by atomic mass is 9.88. The summed E-state index contributed by atoms with van der Waals surface area (Å²) in [5, 5.41) is 3.18. The molecule has 29 heavy (non-hydrogen) atoms. The van der Waals surface area contributed by atoms with Gasteiger partial charge in [-0.15, -0.1) is 23.2 Å². The van der Waals surface area contributed by atoms with Gasteiger partial charge in [0, 0.05) is 44.2 Å². The van der Waals surface area contributed by atoms with E-state index in [0.29, 0.717) is 45.4 Å². The van der Waals surface area contributed by atoms with Crippen LogP contribution >= 0.6 is 23.2 Å². The molecule has 1 saturated carbocycles. The second kappa shape index (κ2) is 7.91. The van der Waals surface area contributed by atoms with E-state index in [1.54, 1.807) is 0 Å². The van der Waals surface area contributed by atoms with E-state index < -0.39 is 29.0 Å². The third-order valence-electron chi connectivity index (χ3n) is 6.57. The molecular weight excluding hydrogens is 426 g/mol. The maximum Gasteiger partial charge on any atom is 0.471 e. The van der Waals surface area contributed by atoms with Crippen molar-refractivity contribution in [1.29, 1.82) is 0 Å². The van der Waals surface area contributed by atoms with Crippen molar-refractivity contribution in [2.45, 2.75) is 53.8 Å². The number of alkyl halides is 5. The van der Waals surface area contributed by atoms with E-state index in [0.717, 1.165) is 10.5 Å². The molecule has 2 saturated heterocycles. The second-order valence-electron chi connectivity index (χ2n) is 8.26. The summed E-state index contributed by atoms with van der Waals surface area (Å²) in [6.07, 6.45) is -3.31. The van der Waals surface area contributed by atoms with Crippen molar-refractivity contribution in [3.63, 3.8) is 0 Å². The molecule has 3 fully saturated rings. The Hall–Kier alpha value is -1.02. The van der Waals surface area contributed by atoms with E-state index >= 15 is 0 Å². The quantitative estimate of drug-likeness (QED) is 0.698. The van der Waals surface area contributed by atoms with Gasteiger partial charge in [-0.1, -0.05) is 30.3 Å². The SMILES string of the molecule is O=C(N(C1CCN(C2(C(Cl)Cl)CNC2)CC1)[C@@H]1C[C@H]1c1ccccc1)C(F)(F)F. The summed E-state index contributed by atoms with van der Waals surface area (Å²) in [4.78, 5) is 15.0. The van der Waals surface area contributed by atoms with Crippen LogP contribution in [0.2, 0.25) is 0 Å². The third kappa shape index (κ3) is 3.99. The number of nitrogens with one attached hydrogen (secondary N) is 1. The molecule has 0 spiro atoms. The molecule has 4 rings (SSSR count). The number of carbonyl (C=O) groups excluding carboxylic acids is 1. The number of amides is 1. The number of hydrogen-bond acceptors (Lipinski definition) is 3. The highest BCUT2D eigenvalue weighted by Crippen LogP contribution is 2.47. The molecule has 1 aromatic carbocycles. The molecule has 1 aromatic rings. The lowest BCUT2D eigenvalue weighted by Crippen LogP contribution is -2.73. The highest BCUT2D eigenvalue weighted by atomic mass is 35.5. The summed E-state index contributed by atoms with van der Waals surface area (Å²) in [5.41, 5.74) is 0.626. The Morgan fingerprint density at radius 3 is 2.28 bits per heavy atom. The monoisotopic (exact) mass is 449 g/mol. The number of carbonyl (C=O) groups is 1. The van der Waals surface area contributed by atoms with Crippen LogP contribution in [0.25, 0.3) is 0 Å². The molecule has 4 nitrogen and oxygen atoms in total. The summed E-state index contributed by atoms with van der Waals surface area (Å²) >= 11 is 12.4. The first-order valence-corrected chi connectivity index (χ1v) is 10.8. The van der Waals surface area contributed by atoms with Gasteiger partial charge in [-0.05, 0) is 24.8 Å². The van der Waals surface area contributed by atoms with Crippen molar-refractivity contribution < 1.29 is 18.0 Å². The second-order valence-corrected chi connectivity index (χ2v) is 9.35. The van der Waals surface area contributed by atoms with Gasteiger partial charge in [0.25, 0.3) is 0 Å². The van der Waals surface area contributed by atoms with Crippen LogP contribution in [-0.2, 0) is 4.79 Å². The number of benzene rings is 1. The van der Waals surface area contributed by atoms with Crippen LogP contribution in [-0.4, -0.2) is 70.5 Å². The van der Waals surface area contributed by atoms with Gasteiger partial charge in [0.1, 0.15) is 4.84 Å². The molecular formula is C20H24Cl2F3N3O. The van der Waals surface area contributed by atoms with Gasteiger partial charge in [-0.25, -0.2) is 0 Å². The van der Waals surface area contributed by atoms with Crippen molar-refractivity contribution in [1.82, 2.24) is 15.1 Å². The highest BCUT2D eigenvalue weighted by Gasteiger charge is 2.55. The van der Waals surface area contributed by atoms with E-state index in [9.17, 15) is 18.0 Å². The van der Waals surface area contributed by atoms with Crippen LogP contribution in [0.5, 0.6) is 0 Å². The molecule has 160 valence electrons. The maximum absolute atomic E-state index is 13.4. The van der Waals surface area contributed by atoms with Crippen molar-refractivity contribution in [3.8, 4) is 0 Å². The zero-order valence-electron chi connectivity index (χ0n) is 15.8. The van der Waals surface area contributed by atoms with Crippen LogP contribution in [0, 0.1) is 0 Å². The fraction of sp³-hybridized carbons (Fsp3) is 0.650. The molecule has 2 atom stereocenters. The van der Waals surface area contributed by atoms with E-state index in [2.05, 4.69) is 10.2 Å². The van der Waals surface area contributed by atoms with Crippen LogP contribution in [0.15, 0.2) is 30.3 Å². The number of likely N-dealkylation sites (tertiary alicyclic amines) is 1. The smallest absolute Gasteiger partial charge is 0.328 e. The number of hydrogen-bond donors (Lipinski definition) is 1. The largest absolute Gasteiger partial charge is 0.471 e. The summed E-state index contributed by atoms with van der Waals surface area (Å²) in [6, 6.07) is 8.64. The Morgan fingerprint density at radius 1 is 1.17 bits per heavy atom. The topological polar surface area (TPSA) is 35.6 Å². The zero-order chi connectivity index (χ0) is 20.8. The minimum atomic E-state index is -4.86. The Balaban J connectivity index is 1.48. The zero-order valence-corrected chi connectivity index (χ0v) is 17.4. The molecule has 1 amide bonds. The lowest BCUT2D eigenvalue weighted by Gasteiger charge is -2.54. The molecule has 0 aromatic heterocycles. The van der Waals surface area contributed by atoms with E-state index in [1.807, 2.05) is 30.3 Å². The summed E-state index contributed by atoms with van der Waals surface area (Å²) in [7, 11) is 0. The van der Waals surface area contributed by atoms with Gasteiger partial charge in [0.15, 0.2) is 0 Å². The first-order valence-electron chi connectivity index (χ1n) is 9.92. The van der Waals surface area contributed by atoms with Gasteiger partial charge in [0.2, 0.25) is 0 Å². The molecule has 9 heteroatoms. The van der Waals surface area contributed by atoms with E-state index in [-0.39, 0.29) is 11.5 Å². The number of piperidine rings is 1. The average molecular weight is 450 g/mol. The normalized spacial score (nSPS) is 27.5. The van der Waals surface area contributed by atoms with Crippen molar-refractivity contribution in [2.75, 3.05) is 26.2 Å². The van der Waals surface area contributed by atoms with Crippen molar-refractivity contribution in [3.05, 3.63) is 35.9 Å². The van der Waals surface area contributed by atoms with E-state index in [1.165, 1.54) is 0 Å². The molecule has 2 aliphatic heterocycles. The first kappa shape index (κ1) is 21.2. The Bertz CT molecular complexity index is 734. The minimum Gasteiger partial charge on any atom is -0.328 e. The van der Waals surface area contributed by atoms with Crippen LogP contribution in [0.4, 0.5) is 13.2 Å². The van der Waals surface area contributed by atoms with Gasteiger partial charge in [0.05, 0.1) is 5.54 Å². The van der Waals surface area contributed by atoms with Gasteiger partial charge in [-0.2, -0.15) is 13.2 Å². The summed E-state index contributed by atoms with van der Waals surface area (Å²) < 4.78 is 40.1. The Morgan fingerprint density at radius 2 is 1.79 bits per heavy atom. The summed E-state index contributed by atoms with van der Waals surface area (Å²) in [5.74, 6) is -1.75. The maximum atomic E-state index is 13.4. The van der Waals surface area contributed by atoms with Crippen molar-refractivity contribution in [2.24, 2.45) is 0 Å². The average Bonchev–Trinajstić information content (AvgIpc) is 3.42. The van der Waals surface area contributed by atoms with Crippen LogP contribution < -0.4 is 5.32 Å². The highest BCUT2D eigenvalue weighted by molar-refractivity contribution is 6.45. The molecule has 2 heterocycles. The molecule has 0 unspecified atom stereocenters. The molecule has 0 bridgehead atoms. The molecule has 1 N–H and O–H groups in total. The standard InChI is InChI=1S/C20H24Cl2F3N3O/c21-17(22)19(11-26-12-19)27-8-6-14(7-9-27)28(18(29)20(23,24)25)16-10-15(16)13-4-2-1-3-5-13/h1-5,14-17,26H,6-12H2/t15-,16+/m0/s1. The van der Waals surface area contributed by atoms with Gasteiger partial charge < -0.3 is 10.2 Å². The number of nitrogens with zero attached hydrogens (tertiary/aromatic N) is 2. The molecule has 0 radical (unpaired) electrons. The predicted octanol–water partition coefficient (Wildman–Crippen LogP) is 3.54. The Kier molecular flexibility index (Phi) is 5.79. The van der Waals surface area contributed by atoms with Gasteiger partial charge in [-0.3, -0.25) is 9.69 Å². The minimum absolute atomic E-state index is 0.0298. The third-order valence-corrected chi connectivity index (χ3v) is 7.39. The van der Waals surface area contributed by atoms with Gasteiger partial charge >= 0.3 is 12.1 Å². The Labute approximate surface area is 178 Å². The van der Waals surface area contributed by atoms with Crippen LogP contribution in [0.3, 0.4) is 0 Å². The number of rotatable bonds is 5. The number of halogens is 5. The fourth-order valence-corrected chi connectivity index (χ4v) is 5.35. The fourth-order valence-electron chi connectivity index (χ4n) is 4.77. The molecule has 3 aliphatic rings. The lowest BCUT2D eigenvalue weighted by molar-refractivity contribution is -0.189. The summed E-state index contributed by atoms with van der Waals surface area (Å²) in [6.45, 7) is 2.48. The van der Waals surface area contributed by atoms with E-state index in [4.69, 9.17) is 23.2 Å².